The number of hydrogen-bond acceptors (Lipinski definition) is 16. The average Bonchev–Trinajstić information content (AvgIpc) is 3.05. The number of aliphatic carboxylic acids is 2. The van der Waals surface area contributed by atoms with Gasteiger partial charge in [0.25, 0.3) is 12.5 Å². The number of carbonyl (C=O) groups excluding carboxylic acids is 3. The molecule has 0 aliphatic rings. The van der Waals surface area contributed by atoms with Crippen LogP contribution in [0.5, 0.6) is 0 Å². The van der Waals surface area contributed by atoms with Crippen molar-refractivity contribution in [2.45, 2.75) is 223 Å². The Kier molecular flexibility index (Phi) is 58.4. The Morgan fingerprint density at radius 3 is 1.14 bits per heavy atom. The molecule has 64 heavy (non-hydrogen) atoms. The fourth-order valence-electron chi connectivity index (χ4n) is 2.40. The number of rotatable bonds is 11. The van der Waals surface area contributed by atoms with Gasteiger partial charge in [-0.3, -0.25) is 24.0 Å². The summed E-state index contributed by atoms with van der Waals surface area (Å²) < 4.78 is 49.5. The number of nitrogens with zero attached hydrogens (tertiary/aromatic N) is 1. The molecule has 0 heterocycles. The summed E-state index contributed by atoms with van der Waals surface area (Å²) in [4.78, 5) is 57.3. The molecule has 0 rings (SSSR count). The van der Waals surface area contributed by atoms with Crippen LogP contribution in [0.3, 0.4) is 0 Å². The molecule has 0 aromatic heterocycles. The maximum absolute atomic E-state index is 11.2. The van der Waals surface area contributed by atoms with Crippen molar-refractivity contribution >= 4 is 59.6 Å². The number of alkyl halides is 2. The van der Waals surface area contributed by atoms with E-state index in [0.717, 1.165) is 6.92 Å². The molecule has 0 saturated heterocycles. The number of hydrogen-bond donors (Lipinski definition) is 8. The summed E-state index contributed by atoms with van der Waals surface area (Å²) in [5.74, 6) is -3.99. The number of esters is 2. The van der Waals surface area contributed by atoms with Crippen LogP contribution in [-0.4, -0.2) is 138 Å². The van der Waals surface area contributed by atoms with Crippen LogP contribution in [0, 0.1) is 0 Å². The maximum Gasteiger partial charge on any atom is 1.00 e. The smallest absolute Gasteiger partial charge is 1.00 e. The zero-order chi connectivity index (χ0) is 56.1. The van der Waals surface area contributed by atoms with Gasteiger partial charge in [0.1, 0.15) is 16.8 Å². The van der Waals surface area contributed by atoms with Crippen molar-refractivity contribution in [3.05, 3.63) is 0 Å². The predicted molar refractivity (Wildman–Crippen MR) is 241 cm³/mol. The van der Waals surface area contributed by atoms with Crippen LogP contribution in [0.15, 0.2) is 4.99 Å². The molecule has 0 unspecified atom stereocenters. The number of amidine groups is 1. The molecule has 0 aromatic carbocycles. The molecule has 0 aliphatic heterocycles. The van der Waals surface area contributed by atoms with Crippen LogP contribution >= 0.6 is 23.2 Å². The molecule has 0 spiro atoms. The zero-order valence-electron chi connectivity index (χ0n) is 48.5. The number of halogens is 2. The first-order valence-corrected chi connectivity index (χ1v) is 20.2. The third-order valence-corrected chi connectivity index (χ3v) is 3.64. The minimum absolute atomic E-state index is 0. The Hall–Kier alpha value is 0.233. The van der Waals surface area contributed by atoms with Gasteiger partial charge in [-0.1, -0.05) is 0 Å². The van der Waals surface area contributed by atoms with Gasteiger partial charge in [0.2, 0.25) is 1.43 Å². The summed E-state index contributed by atoms with van der Waals surface area (Å²) in [6, 6.07) is 1.23. The van der Waals surface area contributed by atoms with Crippen molar-refractivity contribution in [2.75, 3.05) is 5.34 Å². The van der Waals surface area contributed by atoms with E-state index in [4.69, 9.17) is 85.0 Å². The second-order valence-electron chi connectivity index (χ2n) is 17.0. The Morgan fingerprint density at radius 1 is 0.672 bits per heavy atom. The molecule has 0 fully saturated rings. The second-order valence-corrected chi connectivity index (χ2v) is 17.8. The minimum atomic E-state index is -2.53. The number of aliphatic imine (C=N–C) groups is 1. The second kappa shape index (κ2) is 51.1. The van der Waals surface area contributed by atoms with E-state index in [0.29, 0.717) is 12.1 Å². The third kappa shape index (κ3) is 144. The normalized spacial score (nSPS) is 14.0. The van der Waals surface area contributed by atoms with E-state index in [2.05, 4.69) is 34.2 Å². The molecule has 0 bridgehead atoms. The molecule has 378 valence electrons. The monoisotopic (exact) mass is 1030 g/mol. The molecule has 4 atom stereocenters. The number of carboxylic acid groups (broad SMARTS) is 2. The van der Waals surface area contributed by atoms with Crippen LogP contribution in [0.1, 0.15) is 171 Å². The van der Waals surface area contributed by atoms with Crippen molar-refractivity contribution in [1.29, 1.82) is 1.43 Å². The quantitative estimate of drug-likeness (QED) is 0.0184. The Bertz CT molecular complexity index is 1330. The van der Waals surface area contributed by atoms with Crippen molar-refractivity contribution in [3.8, 4) is 0 Å². The third-order valence-electron chi connectivity index (χ3n) is 3.64. The van der Waals surface area contributed by atoms with Gasteiger partial charge in [-0.15, -0.1) is 23.2 Å². The van der Waals surface area contributed by atoms with Gasteiger partial charge in [-0.25, -0.2) is 4.99 Å². The largest absolute Gasteiger partial charge is 1.00 e. The molecule has 19 nitrogen and oxygen atoms in total. The van der Waals surface area contributed by atoms with Gasteiger partial charge in [0, 0.05) is 17.6 Å². The number of aliphatic hydroxyl groups excluding tert-OH is 4. The summed E-state index contributed by atoms with van der Waals surface area (Å²) in [5.41, 5.74) is -1.68. The standard InChI is InChI=1S/C11H24N2O.2C8H16O3.2C4H8O3.C4H10O.CH2Cl2.CH2O3.2K.H/c1-8(2)12-10(13-9(3)4)14-11(5,6)7;2*1-6(9)5-7(10)11-8(2,3)4;2*1-3(5)2-4(6)7;1-4(2,3)5;2-1-3;2-1-4-3;;;/h8-9H,1-7H3,(H,12,13);2*6,9H,5H2,1-4H3;2*3,5H,2H2,1H3,(H,6,7);5H,1-3H3;1H2;1,3H;;;/q;;;;;;;;2*+1;-1/p-1/t;2*6-;2*3-;;;;;;/m.1111....../s1/i;5D2;;2D2;;5D;;;;;. The van der Waals surface area contributed by atoms with E-state index in [1.54, 1.807) is 48.5 Å². The van der Waals surface area contributed by atoms with E-state index in [9.17, 15) is 19.2 Å². The van der Waals surface area contributed by atoms with Crippen molar-refractivity contribution in [3.63, 3.8) is 0 Å². The first-order valence-electron chi connectivity index (χ1n) is 21.5. The van der Waals surface area contributed by atoms with Gasteiger partial charge < -0.3 is 66.8 Å². The van der Waals surface area contributed by atoms with Crippen molar-refractivity contribution < 1.29 is 194 Å². The number of aliphatic hydroxyl groups is 5. The van der Waals surface area contributed by atoms with Crippen molar-refractivity contribution in [2.24, 2.45) is 4.99 Å². The van der Waals surface area contributed by atoms with E-state index in [-0.39, 0.29) is 152 Å². The van der Waals surface area contributed by atoms with Crippen LogP contribution in [0.4, 0.5) is 0 Å². The fourth-order valence-corrected chi connectivity index (χ4v) is 2.40. The molecule has 0 aromatic rings. The van der Waals surface area contributed by atoms with Crippen LogP contribution in [0.2, 0.25) is 0 Å². The SMILES string of the molecule is CC(C)N=C(NC(C)C)OC(C)(C)C.C[C@@H](O)CC(=O)O.C[C@@H](O)CC(=O)OC(C)(C)C.ClCCl.O=CO[O-].[2H]C([2H])(C(=O)O)[C@@H](C)O.[2H]C([2H])(C(=O)OC(C)(C)C)[C@@H](C)O.[2H]OC(C)(C)C.[H-].[K+].[K+]. The number of carboxylic acids is 2. The van der Waals surface area contributed by atoms with E-state index in [1.807, 2.05) is 55.4 Å². The van der Waals surface area contributed by atoms with Crippen LogP contribution < -0.4 is 113 Å². The van der Waals surface area contributed by atoms with Gasteiger partial charge in [0.05, 0.1) is 60.9 Å². The molecular formula is C41H86Cl2K2N2O17. The summed E-state index contributed by atoms with van der Waals surface area (Å²) in [6.07, 6.45) is -9.16. The van der Waals surface area contributed by atoms with Crippen LogP contribution in [0.25, 0.3) is 0 Å². The van der Waals surface area contributed by atoms with E-state index < -0.39 is 66.3 Å². The van der Waals surface area contributed by atoms with E-state index in [1.165, 1.54) is 13.8 Å². The Morgan fingerprint density at radius 2 is 0.984 bits per heavy atom. The fraction of sp³-hybridized carbons (Fsp3) is 0.854. The first kappa shape index (κ1) is 73.2. The maximum atomic E-state index is 11.2. The van der Waals surface area contributed by atoms with Gasteiger partial charge in [-0.2, -0.15) is 0 Å². The summed E-state index contributed by atoms with van der Waals surface area (Å²) >= 11 is 9.53. The van der Waals surface area contributed by atoms with E-state index >= 15 is 0 Å². The molecule has 0 aliphatic carbocycles. The summed E-state index contributed by atoms with van der Waals surface area (Å²) in [7, 11) is 0. The summed E-state index contributed by atoms with van der Waals surface area (Å²) in [6.45, 7) is 35.2. The number of ether oxygens (including phenoxy) is 3. The topological polar surface area (TPSA) is 311 Å². The Balaban J connectivity index is -0.0000000650. The Labute approximate surface area is 487 Å². The predicted octanol–water partition coefficient (Wildman–Crippen LogP) is -0.800. The van der Waals surface area contributed by atoms with Crippen LogP contribution in [-0.2, 0) is 43.1 Å². The van der Waals surface area contributed by atoms with Crippen molar-refractivity contribution in [1.82, 2.24) is 5.32 Å². The van der Waals surface area contributed by atoms with Gasteiger partial charge >= 0.3 is 127 Å². The molecule has 0 radical (unpaired) electrons. The molecule has 23 heteroatoms. The number of carbonyl (C=O) groups is 5. The molecule has 8 N–H and O–H groups in total. The first-order chi connectivity index (χ1) is 29.5. The van der Waals surface area contributed by atoms with Gasteiger partial charge in [-0.05, 0) is 138 Å². The molecule has 0 saturated carbocycles. The molecule has 0 amide bonds. The minimum Gasteiger partial charge on any atom is -1.00 e. The summed E-state index contributed by atoms with van der Waals surface area (Å²) in [5, 5.41) is 66.6. The van der Waals surface area contributed by atoms with Gasteiger partial charge in [0.15, 0.2) is 0 Å². The zero-order valence-corrected chi connectivity index (χ0v) is 50.3. The number of nitrogens with one attached hydrogen (secondary N) is 1. The molecular weight excluding hydrogens is 942 g/mol. The average molecular weight is 1030 g/mol.